The van der Waals surface area contributed by atoms with Crippen LogP contribution in [0.2, 0.25) is 0 Å². The van der Waals surface area contributed by atoms with Crippen molar-refractivity contribution in [3.63, 3.8) is 0 Å². The molecule has 3 rings (SSSR count). The molecule has 1 N–H and O–H groups in total. The van der Waals surface area contributed by atoms with Gasteiger partial charge in [0.1, 0.15) is 5.69 Å². The molecule has 2 aromatic rings. The number of rotatable bonds is 6. The molecule has 0 radical (unpaired) electrons. The van der Waals surface area contributed by atoms with E-state index in [1.165, 1.54) is 9.56 Å². The fraction of sp³-hybridized carbons (Fsp3) is 0.438. The highest BCUT2D eigenvalue weighted by Crippen LogP contribution is 2.14. The molecule has 1 amide bonds. The van der Waals surface area contributed by atoms with E-state index in [9.17, 15) is 9.59 Å². The van der Waals surface area contributed by atoms with Crippen LogP contribution in [0.4, 0.5) is 0 Å². The van der Waals surface area contributed by atoms with Crippen molar-refractivity contribution in [2.75, 3.05) is 26.2 Å². The van der Waals surface area contributed by atoms with Gasteiger partial charge in [-0.05, 0) is 17.5 Å². The Bertz CT molecular complexity index is 690. The summed E-state index contributed by atoms with van der Waals surface area (Å²) in [5, 5.41) is 15.0. The number of carboxylic acid groups (broad SMARTS) is 1. The maximum Gasteiger partial charge on any atom is 0.305 e. The van der Waals surface area contributed by atoms with Crippen molar-refractivity contribution in [2.24, 2.45) is 0 Å². The zero-order valence-electron chi connectivity index (χ0n) is 13.3. The smallest absolute Gasteiger partial charge is 0.305 e. The molecule has 8 heteroatoms. The van der Waals surface area contributed by atoms with Gasteiger partial charge >= 0.3 is 5.97 Å². The first-order valence-corrected chi connectivity index (χ1v) is 8.79. The summed E-state index contributed by atoms with van der Waals surface area (Å²) in [5.41, 5.74) is 0.382. The molecule has 1 aliphatic rings. The van der Waals surface area contributed by atoms with Gasteiger partial charge in [-0.25, -0.2) is 0 Å². The van der Waals surface area contributed by atoms with Crippen LogP contribution in [-0.4, -0.2) is 62.7 Å². The van der Waals surface area contributed by atoms with Crippen LogP contribution in [0.15, 0.2) is 29.8 Å². The average molecular weight is 348 g/mol. The van der Waals surface area contributed by atoms with Gasteiger partial charge in [-0.15, -0.1) is 11.3 Å². The second-order valence-corrected chi connectivity index (χ2v) is 6.79. The highest BCUT2D eigenvalue weighted by Gasteiger charge is 2.23. The van der Waals surface area contributed by atoms with E-state index in [0.717, 1.165) is 19.6 Å². The quantitative estimate of drug-likeness (QED) is 0.853. The Morgan fingerprint density at radius 2 is 2.00 bits per heavy atom. The molecule has 1 saturated heterocycles. The number of carbonyl (C=O) groups excluding carboxylic acids is 1. The first kappa shape index (κ1) is 16.7. The van der Waals surface area contributed by atoms with Crippen molar-refractivity contribution in [1.82, 2.24) is 19.6 Å². The largest absolute Gasteiger partial charge is 0.481 e. The Kier molecular flexibility index (Phi) is 5.27. The van der Waals surface area contributed by atoms with E-state index < -0.39 is 5.97 Å². The van der Waals surface area contributed by atoms with Gasteiger partial charge in [0.15, 0.2) is 0 Å². The van der Waals surface area contributed by atoms with E-state index in [1.54, 1.807) is 23.6 Å². The number of hydrogen-bond donors (Lipinski definition) is 1. The normalized spacial score (nSPS) is 15.6. The van der Waals surface area contributed by atoms with Crippen LogP contribution in [0, 0.1) is 0 Å². The maximum absolute atomic E-state index is 12.5. The predicted octanol–water partition coefficient (Wildman–Crippen LogP) is 1.38. The summed E-state index contributed by atoms with van der Waals surface area (Å²) in [6.07, 6.45) is 1.65. The first-order chi connectivity index (χ1) is 11.6. The van der Waals surface area contributed by atoms with Crippen molar-refractivity contribution < 1.29 is 14.7 Å². The molecule has 0 spiro atoms. The van der Waals surface area contributed by atoms with Gasteiger partial charge in [0.25, 0.3) is 5.91 Å². The number of nitrogens with zero attached hydrogens (tertiary/aromatic N) is 4. The Hall–Kier alpha value is -2.19. The third kappa shape index (κ3) is 4.21. The van der Waals surface area contributed by atoms with Crippen molar-refractivity contribution in [2.45, 2.75) is 19.5 Å². The average Bonchev–Trinajstić information content (AvgIpc) is 3.24. The number of aryl methyl sites for hydroxylation is 1. The van der Waals surface area contributed by atoms with Crippen molar-refractivity contribution >= 4 is 23.2 Å². The number of aromatic nitrogens is 2. The monoisotopic (exact) mass is 348 g/mol. The molecule has 1 aliphatic heterocycles. The van der Waals surface area contributed by atoms with E-state index >= 15 is 0 Å². The van der Waals surface area contributed by atoms with Crippen LogP contribution >= 0.6 is 11.3 Å². The molecule has 7 nitrogen and oxygen atoms in total. The molecule has 128 valence electrons. The minimum absolute atomic E-state index is 0.00327. The maximum atomic E-state index is 12.5. The topological polar surface area (TPSA) is 78.7 Å². The van der Waals surface area contributed by atoms with Crippen LogP contribution in [0.5, 0.6) is 0 Å². The standard InChI is InChI=1S/C16H20N4O3S/c21-15(22)4-6-20-5-3-14(17-20)16(23)19-9-7-18(8-10-19)12-13-2-1-11-24-13/h1-3,5,11H,4,6-10,12H2,(H,21,22). The molecule has 3 heterocycles. The highest BCUT2D eigenvalue weighted by atomic mass is 32.1. The zero-order chi connectivity index (χ0) is 16.9. The molecule has 2 aromatic heterocycles. The fourth-order valence-corrected chi connectivity index (χ4v) is 3.45. The number of hydrogen-bond acceptors (Lipinski definition) is 5. The lowest BCUT2D eigenvalue weighted by molar-refractivity contribution is -0.137. The number of amides is 1. The first-order valence-electron chi connectivity index (χ1n) is 7.91. The second-order valence-electron chi connectivity index (χ2n) is 5.76. The number of piperazine rings is 1. The van der Waals surface area contributed by atoms with Crippen LogP contribution in [0.1, 0.15) is 21.8 Å². The summed E-state index contributed by atoms with van der Waals surface area (Å²) < 4.78 is 1.51. The summed E-state index contributed by atoms with van der Waals surface area (Å²) in [6, 6.07) is 5.84. The number of carbonyl (C=O) groups is 2. The minimum Gasteiger partial charge on any atom is -0.481 e. The highest BCUT2D eigenvalue weighted by molar-refractivity contribution is 7.09. The molecule has 0 saturated carbocycles. The van der Waals surface area contributed by atoms with E-state index in [1.807, 2.05) is 4.90 Å². The van der Waals surface area contributed by atoms with E-state index in [2.05, 4.69) is 27.5 Å². The zero-order valence-corrected chi connectivity index (χ0v) is 14.1. The summed E-state index contributed by atoms with van der Waals surface area (Å²) >= 11 is 1.75. The van der Waals surface area contributed by atoms with E-state index in [-0.39, 0.29) is 18.9 Å². The molecule has 24 heavy (non-hydrogen) atoms. The molecule has 0 atom stereocenters. The summed E-state index contributed by atoms with van der Waals surface area (Å²) in [4.78, 5) is 28.6. The third-order valence-electron chi connectivity index (χ3n) is 4.03. The van der Waals surface area contributed by atoms with Gasteiger partial charge in [-0.1, -0.05) is 6.07 Å². The molecule has 0 aromatic carbocycles. The molecule has 0 unspecified atom stereocenters. The predicted molar refractivity (Wildman–Crippen MR) is 90.0 cm³/mol. The fourth-order valence-electron chi connectivity index (χ4n) is 2.70. The van der Waals surface area contributed by atoms with Gasteiger partial charge in [0.2, 0.25) is 0 Å². The van der Waals surface area contributed by atoms with Gasteiger partial charge in [-0.3, -0.25) is 19.2 Å². The van der Waals surface area contributed by atoms with E-state index in [0.29, 0.717) is 18.8 Å². The Morgan fingerprint density at radius 1 is 1.21 bits per heavy atom. The van der Waals surface area contributed by atoms with Crippen molar-refractivity contribution in [3.05, 3.63) is 40.3 Å². The third-order valence-corrected chi connectivity index (χ3v) is 4.89. The number of thiophene rings is 1. The number of aliphatic carboxylic acids is 1. The van der Waals surface area contributed by atoms with Gasteiger partial charge in [-0.2, -0.15) is 5.10 Å². The Labute approximate surface area is 144 Å². The lowest BCUT2D eigenvalue weighted by atomic mass is 10.2. The second kappa shape index (κ2) is 7.59. The summed E-state index contributed by atoms with van der Waals surface area (Å²) in [7, 11) is 0. The van der Waals surface area contributed by atoms with Crippen molar-refractivity contribution in [1.29, 1.82) is 0 Å². The Balaban J connectivity index is 1.50. The lowest BCUT2D eigenvalue weighted by Gasteiger charge is -2.34. The minimum atomic E-state index is -0.875. The van der Waals surface area contributed by atoms with Crippen LogP contribution in [-0.2, 0) is 17.9 Å². The SMILES string of the molecule is O=C(O)CCn1ccc(C(=O)N2CCN(Cc3cccs3)CC2)n1. The van der Waals surface area contributed by atoms with Crippen molar-refractivity contribution in [3.8, 4) is 0 Å². The molecule has 0 aliphatic carbocycles. The van der Waals surface area contributed by atoms with Crippen LogP contribution < -0.4 is 0 Å². The summed E-state index contributed by atoms with van der Waals surface area (Å²) in [5.74, 6) is -0.958. The Morgan fingerprint density at radius 3 is 2.67 bits per heavy atom. The molecule has 0 bridgehead atoms. The molecular weight excluding hydrogens is 328 g/mol. The molecule has 1 fully saturated rings. The summed E-state index contributed by atoms with van der Waals surface area (Å²) in [6.45, 7) is 4.28. The van der Waals surface area contributed by atoms with Gasteiger partial charge < -0.3 is 10.0 Å². The number of carboxylic acids is 1. The molecular formula is C16H20N4O3S. The lowest BCUT2D eigenvalue weighted by Crippen LogP contribution is -2.48. The van der Waals surface area contributed by atoms with E-state index in [4.69, 9.17) is 5.11 Å². The van der Waals surface area contributed by atoms with Crippen LogP contribution in [0.3, 0.4) is 0 Å². The van der Waals surface area contributed by atoms with Gasteiger partial charge in [0, 0.05) is 43.8 Å². The van der Waals surface area contributed by atoms with Gasteiger partial charge in [0.05, 0.1) is 13.0 Å². The van der Waals surface area contributed by atoms with Crippen LogP contribution in [0.25, 0.3) is 0 Å².